The first-order valence-electron chi connectivity index (χ1n) is 11.3. The molecule has 32 heavy (non-hydrogen) atoms. The van der Waals surface area contributed by atoms with E-state index in [1.54, 1.807) is 0 Å². The Morgan fingerprint density at radius 3 is 2.22 bits per heavy atom. The fourth-order valence-corrected chi connectivity index (χ4v) is 6.07. The molecule has 4 saturated heterocycles. The number of hydrogen-bond acceptors (Lipinski definition) is 4. The number of nitrogens with zero attached hydrogens (tertiary/aromatic N) is 3. The SMILES string of the molecule is O=C(NC1C2CN3CCN(C2)CC1(c1ccccc1)C3)c1cc(=O)n(-c2ccccc2)[nH]1. The Hall–Kier alpha value is -3.16. The molecule has 164 valence electrons. The fourth-order valence-electron chi connectivity index (χ4n) is 6.07. The van der Waals surface area contributed by atoms with Gasteiger partial charge < -0.3 is 15.1 Å². The van der Waals surface area contributed by atoms with Gasteiger partial charge in [0, 0.05) is 62.7 Å². The molecule has 1 aromatic heterocycles. The summed E-state index contributed by atoms with van der Waals surface area (Å²) in [4.78, 5) is 31.0. The van der Waals surface area contributed by atoms with E-state index in [4.69, 9.17) is 0 Å². The van der Waals surface area contributed by atoms with E-state index in [0.717, 1.165) is 39.3 Å². The lowest BCUT2D eigenvalue weighted by Crippen LogP contribution is -2.70. The van der Waals surface area contributed by atoms with Crippen molar-refractivity contribution in [3.63, 3.8) is 0 Å². The average Bonchev–Trinajstić information content (AvgIpc) is 3.04. The number of aromatic amines is 1. The zero-order valence-corrected chi connectivity index (χ0v) is 17.9. The lowest BCUT2D eigenvalue weighted by Gasteiger charge is -2.55. The second-order valence-corrected chi connectivity index (χ2v) is 9.38. The number of H-pyrrole nitrogens is 1. The van der Waals surface area contributed by atoms with E-state index < -0.39 is 0 Å². The van der Waals surface area contributed by atoms with Crippen molar-refractivity contribution in [2.45, 2.75) is 11.5 Å². The number of rotatable bonds is 4. The molecular weight excluding hydrogens is 402 g/mol. The Bertz CT molecular complexity index is 1170. The van der Waals surface area contributed by atoms with E-state index in [2.05, 4.69) is 44.5 Å². The molecule has 4 fully saturated rings. The van der Waals surface area contributed by atoms with Gasteiger partial charge in [0.1, 0.15) is 5.69 Å². The predicted molar refractivity (Wildman–Crippen MR) is 122 cm³/mol. The molecule has 7 nitrogen and oxygen atoms in total. The second kappa shape index (κ2) is 7.46. The molecule has 3 unspecified atom stereocenters. The van der Waals surface area contributed by atoms with Crippen LogP contribution in [0.3, 0.4) is 0 Å². The molecule has 5 heterocycles. The smallest absolute Gasteiger partial charge is 0.271 e. The van der Waals surface area contributed by atoms with Crippen LogP contribution in [-0.2, 0) is 5.41 Å². The first-order chi connectivity index (χ1) is 15.6. The van der Waals surface area contributed by atoms with Crippen molar-refractivity contribution in [2.75, 3.05) is 39.3 Å². The summed E-state index contributed by atoms with van der Waals surface area (Å²) >= 11 is 0. The highest BCUT2D eigenvalue weighted by Gasteiger charge is 2.55. The van der Waals surface area contributed by atoms with Crippen LogP contribution in [0.25, 0.3) is 5.69 Å². The summed E-state index contributed by atoms with van der Waals surface area (Å²) in [6.07, 6.45) is 0. The maximum Gasteiger partial charge on any atom is 0.271 e. The number of carbonyl (C=O) groups is 1. The van der Waals surface area contributed by atoms with Crippen molar-refractivity contribution in [1.82, 2.24) is 24.9 Å². The van der Waals surface area contributed by atoms with Gasteiger partial charge in [0.2, 0.25) is 0 Å². The molecule has 7 rings (SSSR count). The van der Waals surface area contributed by atoms with Gasteiger partial charge in [-0.2, -0.15) is 0 Å². The zero-order chi connectivity index (χ0) is 21.7. The van der Waals surface area contributed by atoms with Crippen molar-refractivity contribution in [3.05, 3.63) is 88.3 Å². The topological polar surface area (TPSA) is 73.4 Å². The van der Waals surface area contributed by atoms with Crippen molar-refractivity contribution >= 4 is 5.91 Å². The molecule has 0 aliphatic carbocycles. The molecule has 3 atom stereocenters. The Morgan fingerprint density at radius 2 is 1.56 bits per heavy atom. The number of fused-ring (bicyclic) bond motifs is 1. The maximum atomic E-state index is 13.4. The Morgan fingerprint density at radius 1 is 0.938 bits per heavy atom. The molecule has 3 aromatic rings. The summed E-state index contributed by atoms with van der Waals surface area (Å²) in [6.45, 7) is 6.04. The standard InChI is InChI=1S/C25H27N5O2/c31-22-13-21(27-30(22)20-9-5-2-6-10-20)24(32)26-23-18-14-28-11-12-29(15-18)17-25(23,16-28)19-7-3-1-4-8-19/h1-10,13,18,23,27H,11-12,14-17H2,(H,26,32). The van der Waals surface area contributed by atoms with Crippen molar-refractivity contribution in [2.24, 2.45) is 5.92 Å². The number of benzene rings is 2. The normalized spacial score (nSPS) is 30.8. The number of para-hydroxylation sites is 1. The Labute approximate surface area is 186 Å². The number of hydrogen-bond donors (Lipinski definition) is 2. The summed E-state index contributed by atoms with van der Waals surface area (Å²) in [5.74, 6) is 0.139. The minimum absolute atomic E-state index is 0.0200. The molecule has 1 amide bonds. The van der Waals surface area contributed by atoms with Crippen molar-refractivity contribution in [1.29, 1.82) is 0 Å². The van der Waals surface area contributed by atoms with Gasteiger partial charge in [-0.1, -0.05) is 48.5 Å². The van der Waals surface area contributed by atoms with Gasteiger partial charge in [0.05, 0.1) is 5.69 Å². The van der Waals surface area contributed by atoms with Gasteiger partial charge in [-0.25, -0.2) is 4.68 Å². The van der Waals surface area contributed by atoms with Gasteiger partial charge in [-0.05, 0) is 17.7 Å². The quantitative estimate of drug-likeness (QED) is 0.659. The van der Waals surface area contributed by atoms with Crippen LogP contribution in [0.4, 0.5) is 0 Å². The molecule has 0 saturated carbocycles. The minimum atomic E-state index is -0.238. The van der Waals surface area contributed by atoms with Gasteiger partial charge in [0.25, 0.3) is 11.5 Å². The average molecular weight is 430 g/mol. The van der Waals surface area contributed by atoms with Gasteiger partial charge in [-0.15, -0.1) is 0 Å². The highest BCUT2D eigenvalue weighted by molar-refractivity contribution is 5.92. The first kappa shape index (κ1) is 19.5. The van der Waals surface area contributed by atoms with Crippen LogP contribution in [-0.4, -0.2) is 70.8 Å². The molecule has 0 radical (unpaired) electrons. The summed E-state index contributed by atoms with van der Waals surface area (Å²) in [7, 11) is 0. The number of nitrogens with one attached hydrogen (secondary N) is 2. The van der Waals surface area contributed by atoms with Crippen LogP contribution >= 0.6 is 0 Å². The second-order valence-electron chi connectivity index (χ2n) is 9.38. The Kier molecular flexibility index (Phi) is 4.55. The molecule has 2 aromatic carbocycles. The number of carbonyl (C=O) groups excluding carboxylic acids is 1. The lowest BCUT2D eigenvalue weighted by molar-refractivity contribution is 0.0179. The van der Waals surface area contributed by atoms with Crippen LogP contribution in [0, 0.1) is 5.92 Å². The fraction of sp³-hybridized carbons (Fsp3) is 0.360. The molecule has 4 aliphatic heterocycles. The third-order valence-electron chi connectivity index (χ3n) is 7.41. The highest BCUT2D eigenvalue weighted by Crippen LogP contribution is 2.43. The lowest BCUT2D eigenvalue weighted by atomic mass is 9.64. The number of aromatic nitrogens is 2. The number of piperidine rings is 2. The van der Waals surface area contributed by atoms with Crippen LogP contribution in [0.1, 0.15) is 16.1 Å². The molecule has 7 heteroatoms. The van der Waals surface area contributed by atoms with E-state index in [9.17, 15) is 9.59 Å². The Balaban J connectivity index is 1.34. The van der Waals surface area contributed by atoms with Crippen LogP contribution < -0.4 is 10.9 Å². The molecule has 0 spiro atoms. The van der Waals surface area contributed by atoms with Gasteiger partial charge >= 0.3 is 0 Å². The molecular formula is C25H27N5O2. The third-order valence-corrected chi connectivity index (χ3v) is 7.41. The van der Waals surface area contributed by atoms with E-state index in [1.165, 1.54) is 16.3 Å². The molecule has 4 bridgehead atoms. The first-order valence-corrected chi connectivity index (χ1v) is 11.3. The monoisotopic (exact) mass is 429 g/mol. The number of amides is 1. The summed E-state index contributed by atoms with van der Waals surface area (Å²) in [5.41, 5.74) is 1.90. The largest absolute Gasteiger partial charge is 0.347 e. The van der Waals surface area contributed by atoms with E-state index >= 15 is 0 Å². The van der Waals surface area contributed by atoms with E-state index in [1.807, 2.05) is 36.4 Å². The predicted octanol–water partition coefficient (Wildman–Crippen LogP) is 1.46. The minimum Gasteiger partial charge on any atom is -0.347 e. The van der Waals surface area contributed by atoms with E-state index in [0.29, 0.717) is 17.3 Å². The summed E-state index contributed by atoms with van der Waals surface area (Å²) < 4.78 is 1.42. The van der Waals surface area contributed by atoms with E-state index in [-0.39, 0.29) is 22.9 Å². The van der Waals surface area contributed by atoms with Crippen LogP contribution in [0.15, 0.2) is 71.5 Å². The summed E-state index contributed by atoms with van der Waals surface area (Å²) in [5, 5.41) is 6.37. The zero-order valence-electron chi connectivity index (χ0n) is 17.9. The molecule has 2 N–H and O–H groups in total. The van der Waals surface area contributed by atoms with Gasteiger partial charge in [0.15, 0.2) is 0 Å². The van der Waals surface area contributed by atoms with Crippen LogP contribution in [0.2, 0.25) is 0 Å². The van der Waals surface area contributed by atoms with Crippen molar-refractivity contribution < 1.29 is 4.79 Å². The van der Waals surface area contributed by atoms with Crippen LogP contribution in [0.5, 0.6) is 0 Å². The third kappa shape index (κ3) is 3.12. The maximum absolute atomic E-state index is 13.4. The molecule has 4 aliphatic rings. The van der Waals surface area contributed by atoms with Gasteiger partial charge in [-0.3, -0.25) is 14.7 Å². The summed E-state index contributed by atoms with van der Waals surface area (Å²) in [6, 6.07) is 21.4. The highest BCUT2D eigenvalue weighted by atomic mass is 16.2. The van der Waals surface area contributed by atoms with Crippen molar-refractivity contribution in [3.8, 4) is 5.69 Å².